The summed E-state index contributed by atoms with van der Waals surface area (Å²) in [6.45, 7) is 6.14. The van der Waals surface area contributed by atoms with Gasteiger partial charge in [-0.2, -0.15) is 0 Å². The highest BCUT2D eigenvalue weighted by Crippen LogP contribution is 2.24. The number of aromatic nitrogens is 1. The number of nitrogens with two attached hydrogens (primary N) is 1. The molecule has 0 spiro atoms. The summed E-state index contributed by atoms with van der Waals surface area (Å²) in [5.74, 6) is 1.97. The minimum atomic E-state index is 0.568. The first kappa shape index (κ1) is 14.3. The van der Waals surface area contributed by atoms with Crippen molar-refractivity contribution in [2.45, 2.75) is 26.3 Å². The van der Waals surface area contributed by atoms with Crippen LogP contribution in [0.5, 0.6) is 0 Å². The van der Waals surface area contributed by atoms with Crippen molar-refractivity contribution in [2.75, 3.05) is 38.6 Å². The second-order valence-corrected chi connectivity index (χ2v) is 5.88. The van der Waals surface area contributed by atoms with E-state index in [4.69, 9.17) is 5.73 Å². The quantitative estimate of drug-likeness (QED) is 0.896. The van der Waals surface area contributed by atoms with Crippen molar-refractivity contribution in [3.05, 3.63) is 23.4 Å². The molecule has 4 heteroatoms. The SMILES string of the molecule is Cc1cc(CN)cnc1N1CCC(CN(C)C)CC1. The van der Waals surface area contributed by atoms with Gasteiger partial charge >= 0.3 is 0 Å². The molecule has 0 saturated carbocycles. The standard InChI is InChI=1S/C15H26N4/c1-12-8-14(9-16)10-17-15(12)19-6-4-13(5-7-19)11-18(2)3/h8,10,13H,4-7,9,11,16H2,1-3H3. The molecule has 0 atom stereocenters. The number of aryl methyl sites for hydroxylation is 1. The smallest absolute Gasteiger partial charge is 0.131 e. The molecule has 2 N–H and O–H groups in total. The molecule has 0 unspecified atom stereocenters. The highest BCUT2D eigenvalue weighted by Gasteiger charge is 2.21. The van der Waals surface area contributed by atoms with Crippen LogP contribution in [0.15, 0.2) is 12.3 Å². The Balaban J connectivity index is 1.97. The minimum Gasteiger partial charge on any atom is -0.356 e. The van der Waals surface area contributed by atoms with Gasteiger partial charge in [0, 0.05) is 32.4 Å². The predicted molar refractivity (Wildman–Crippen MR) is 80.4 cm³/mol. The van der Waals surface area contributed by atoms with Crippen LogP contribution in [0, 0.1) is 12.8 Å². The number of hydrogen-bond donors (Lipinski definition) is 1. The van der Waals surface area contributed by atoms with Crippen LogP contribution < -0.4 is 10.6 Å². The fraction of sp³-hybridized carbons (Fsp3) is 0.667. The second kappa shape index (κ2) is 6.35. The van der Waals surface area contributed by atoms with Gasteiger partial charge in [-0.1, -0.05) is 0 Å². The van der Waals surface area contributed by atoms with E-state index in [1.165, 1.54) is 24.9 Å². The lowest BCUT2D eigenvalue weighted by Crippen LogP contribution is -2.37. The van der Waals surface area contributed by atoms with Crippen LogP contribution in [0.2, 0.25) is 0 Å². The number of piperidine rings is 1. The number of rotatable bonds is 4. The molecule has 19 heavy (non-hydrogen) atoms. The average molecular weight is 262 g/mol. The van der Waals surface area contributed by atoms with Crippen LogP contribution in [-0.2, 0) is 6.54 Å². The summed E-state index contributed by atoms with van der Waals surface area (Å²) in [6.07, 6.45) is 4.43. The van der Waals surface area contributed by atoms with E-state index in [0.717, 1.165) is 30.4 Å². The molecule has 0 aromatic carbocycles. The van der Waals surface area contributed by atoms with E-state index in [2.05, 4.69) is 41.9 Å². The fourth-order valence-electron chi connectivity index (χ4n) is 2.91. The Labute approximate surface area is 116 Å². The maximum Gasteiger partial charge on any atom is 0.131 e. The van der Waals surface area contributed by atoms with E-state index in [-0.39, 0.29) is 0 Å². The normalized spacial score (nSPS) is 17.2. The van der Waals surface area contributed by atoms with Crippen LogP contribution in [0.1, 0.15) is 24.0 Å². The summed E-state index contributed by atoms with van der Waals surface area (Å²) < 4.78 is 0. The molecule has 4 nitrogen and oxygen atoms in total. The average Bonchev–Trinajstić information content (AvgIpc) is 2.39. The van der Waals surface area contributed by atoms with Crippen molar-refractivity contribution >= 4 is 5.82 Å². The molecular weight excluding hydrogens is 236 g/mol. The first-order valence-electron chi connectivity index (χ1n) is 7.15. The highest BCUT2D eigenvalue weighted by atomic mass is 15.2. The minimum absolute atomic E-state index is 0.568. The van der Waals surface area contributed by atoms with Crippen LogP contribution in [-0.4, -0.2) is 43.6 Å². The summed E-state index contributed by atoms with van der Waals surface area (Å²) in [7, 11) is 4.31. The van der Waals surface area contributed by atoms with Crippen molar-refractivity contribution < 1.29 is 0 Å². The van der Waals surface area contributed by atoms with E-state index in [1.807, 2.05) is 6.20 Å². The molecule has 1 aliphatic rings. The van der Waals surface area contributed by atoms with Gasteiger partial charge in [-0.3, -0.25) is 0 Å². The van der Waals surface area contributed by atoms with Gasteiger partial charge in [-0.05, 0) is 57.0 Å². The molecule has 2 heterocycles. The monoisotopic (exact) mass is 262 g/mol. The first-order valence-corrected chi connectivity index (χ1v) is 7.15. The summed E-state index contributed by atoms with van der Waals surface area (Å²) in [6, 6.07) is 2.16. The molecule has 0 radical (unpaired) electrons. The number of pyridine rings is 1. The Hall–Kier alpha value is -1.13. The van der Waals surface area contributed by atoms with Gasteiger partial charge < -0.3 is 15.5 Å². The zero-order chi connectivity index (χ0) is 13.8. The largest absolute Gasteiger partial charge is 0.356 e. The van der Waals surface area contributed by atoms with Crippen LogP contribution in [0.3, 0.4) is 0 Å². The number of hydrogen-bond acceptors (Lipinski definition) is 4. The molecule has 1 aromatic heterocycles. The first-order chi connectivity index (χ1) is 9.10. The van der Waals surface area contributed by atoms with E-state index in [1.54, 1.807) is 0 Å². The lowest BCUT2D eigenvalue weighted by molar-refractivity contribution is 0.284. The molecule has 0 bridgehead atoms. The van der Waals surface area contributed by atoms with Crippen molar-refractivity contribution in [2.24, 2.45) is 11.7 Å². The fourth-order valence-corrected chi connectivity index (χ4v) is 2.91. The highest BCUT2D eigenvalue weighted by molar-refractivity contribution is 5.47. The zero-order valence-electron chi connectivity index (χ0n) is 12.4. The Morgan fingerprint density at radius 2 is 2.05 bits per heavy atom. The van der Waals surface area contributed by atoms with Crippen LogP contribution in [0.25, 0.3) is 0 Å². The Bertz CT molecular complexity index is 409. The van der Waals surface area contributed by atoms with Crippen molar-refractivity contribution in [3.63, 3.8) is 0 Å². The molecule has 0 aliphatic carbocycles. The van der Waals surface area contributed by atoms with Crippen molar-refractivity contribution in [1.29, 1.82) is 0 Å². The number of anilines is 1. The molecule has 1 saturated heterocycles. The summed E-state index contributed by atoms with van der Waals surface area (Å²) in [5.41, 5.74) is 8.01. The Morgan fingerprint density at radius 1 is 1.37 bits per heavy atom. The van der Waals surface area contributed by atoms with Gasteiger partial charge in [-0.25, -0.2) is 4.98 Å². The van der Waals surface area contributed by atoms with Gasteiger partial charge in [0.05, 0.1) is 0 Å². The Kier molecular flexibility index (Phi) is 4.77. The predicted octanol–water partition coefficient (Wildman–Crippen LogP) is 1.63. The van der Waals surface area contributed by atoms with Crippen molar-refractivity contribution in [1.82, 2.24) is 9.88 Å². The van der Waals surface area contributed by atoms with Gasteiger partial charge in [0.1, 0.15) is 5.82 Å². The third kappa shape index (κ3) is 3.67. The topological polar surface area (TPSA) is 45.4 Å². The van der Waals surface area contributed by atoms with Crippen LogP contribution in [0.4, 0.5) is 5.82 Å². The molecule has 1 aliphatic heterocycles. The maximum absolute atomic E-state index is 5.65. The summed E-state index contributed by atoms with van der Waals surface area (Å²) in [4.78, 5) is 9.30. The second-order valence-electron chi connectivity index (χ2n) is 5.88. The van der Waals surface area contributed by atoms with E-state index < -0.39 is 0 Å². The molecule has 1 aromatic rings. The molecular formula is C15H26N4. The third-order valence-corrected chi connectivity index (χ3v) is 3.88. The van der Waals surface area contributed by atoms with Crippen molar-refractivity contribution in [3.8, 4) is 0 Å². The van der Waals surface area contributed by atoms with Gasteiger partial charge in [-0.15, -0.1) is 0 Å². The van der Waals surface area contributed by atoms with Gasteiger partial charge in [0.25, 0.3) is 0 Å². The Morgan fingerprint density at radius 3 is 2.58 bits per heavy atom. The van der Waals surface area contributed by atoms with E-state index in [0.29, 0.717) is 6.54 Å². The van der Waals surface area contributed by atoms with E-state index in [9.17, 15) is 0 Å². The zero-order valence-corrected chi connectivity index (χ0v) is 12.4. The maximum atomic E-state index is 5.65. The summed E-state index contributed by atoms with van der Waals surface area (Å²) in [5, 5.41) is 0. The van der Waals surface area contributed by atoms with Gasteiger partial charge in [0.2, 0.25) is 0 Å². The number of nitrogens with zero attached hydrogens (tertiary/aromatic N) is 3. The molecule has 106 valence electrons. The lowest BCUT2D eigenvalue weighted by Gasteiger charge is -2.34. The van der Waals surface area contributed by atoms with Gasteiger partial charge in [0.15, 0.2) is 0 Å². The molecule has 2 rings (SSSR count). The van der Waals surface area contributed by atoms with E-state index >= 15 is 0 Å². The molecule has 1 fully saturated rings. The third-order valence-electron chi connectivity index (χ3n) is 3.88. The molecule has 0 amide bonds. The summed E-state index contributed by atoms with van der Waals surface area (Å²) >= 11 is 0. The van der Waals surface area contributed by atoms with Crippen LogP contribution >= 0.6 is 0 Å². The lowest BCUT2D eigenvalue weighted by atomic mass is 9.96.